The van der Waals surface area contributed by atoms with Crippen molar-refractivity contribution < 1.29 is 9.21 Å². The first kappa shape index (κ1) is 13.8. The van der Waals surface area contributed by atoms with Gasteiger partial charge in [-0.1, -0.05) is 12.1 Å². The number of aromatic nitrogens is 2. The van der Waals surface area contributed by atoms with Crippen LogP contribution >= 0.6 is 0 Å². The molecule has 1 aliphatic rings. The van der Waals surface area contributed by atoms with Crippen molar-refractivity contribution in [3.05, 3.63) is 30.2 Å². The molecule has 0 unspecified atom stereocenters. The molecule has 2 N–H and O–H groups in total. The van der Waals surface area contributed by atoms with Crippen molar-refractivity contribution in [2.24, 2.45) is 0 Å². The minimum Gasteiger partial charge on any atom is -0.421 e. The van der Waals surface area contributed by atoms with Crippen LogP contribution in [0, 0.1) is 6.92 Å². The van der Waals surface area contributed by atoms with Crippen molar-refractivity contribution in [1.29, 1.82) is 0 Å². The molecule has 0 spiro atoms. The number of aryl methyl sites for hydroxylation is 1. The third-order valence-corrected chi connectivity index (χ3v) is 3.32. The molecule has 0 aliphatic heterocycles. The number of carbonyl (C=O) groups excluding carboxylic acids is 1. The maximum absolute atomic E-state index is 12.0. The average molecular weight is 286 g/mol. The van der Waals surface area contributed by atoms with Gasteiger partial charge in [0.2, 0.25) is 17.7 Å². The number of para-hydroxylation sites is 1. The van der Waals surface area contributed by atoms with Crippen molar-refractivity contribution in [3.8, 4) is 11.5 Å². The molecule has 1 aromatic carbocycles. The topological polar surface area (TPSA) is 80.0 Å². The van der Waals surface area contributed by atoms with Crippen LogP contribution in [-0.4, -0.2) is 28.7 Å². The Balaban J connectivity index is 1.65. The summed E-state index contributed by atoms with van der Waals surface area (Å²) in [7, 11) is 0. The van der Waals surface area contributed by atoms with Crippen LogP contribution in [0.15, 0.2) is 28.7 Å². The second kappa shape index (κ2) is 6.05. The minimum absolute atomic E-state index is 0.0214. The molecular formula is C15H18N4O2. The zero-order valence-electron chi connectivity index (χ0n) is 11.9. The van der Waals surface area contributed by atoms with Crippen LogP contribution in [0.25, 0.3) is 11.5 Å². The Hall–Kier alpha value is -2.21. The molecule has 1 fully saturated rings. The highest BCUT2D eigenvalue weighted by molar-refractivity contribution is 5.94. The first-order valence-corrected chi connectivity index (χ1v) is 7.15. The summed E-state index contributed by atoms with van der Waals surface area (Å²) in [4.78, 5) is 12.0. The summed E-state index contributed by atoms with van der Waals surface area (Å²) in [6, 6.07) is 8.04. The molecule has 1 aliphatic carbocycles. The Labute approximate surface area is 123 Å². The Morgan fingerprint density at radius 1 is 1.33 bits per heavy atom. The van der Waals surface area contributed by atoms with Crippen molar-refractivity contribution in [3.63, 3.8) is 0 Å². The molecule has 6 heteroatoms. The number of nitrogens with one attached hydrogen (secondary N) is 2. The lowest BCUT2D eigenvalue weighted by atomic mass is 10.1. The Morgan fingerprint density at radius 2 is 2.14 bits per heavy atom. The fourth-order valence-corrected chi connectivity index (χ4v) is 2.07. The maximum Gasteiger partial charge on any atom is 0.249 e. The Kier molecular flexibility index (Phi) is 3.96. The van der Waals surface area contributed by atoms with Gasteiger partial charge in [-0.25, -0.2) is 0 Å². The third-order valence-electron chi connectivity index (χ3n) is 3.32. The summed E-state index contributed by atoms with van der Waals surface area (Å²) in [5, 5.41) is 14.0. The van der Waals surface area contributed by atoms with Crippen LogP contribution in [0.1, 0.15) is 25.2 Å². The molecule has 0 bridgehead atoms. The molecule has 0 saturated heterocycles. The number of rotatable bonds is 6. The van der Waals surface area contributed by atoms with Gasteiger partial charge >= 0.3 is 0 Å². The van der Waals surface area contributed by atoms with E-state index in [9.17, 15) is 4.79 Å². The molecule has 110 valence electrons. The van der Waals surface area contributed by atoms with E-state index in [4.69, 9.17) is 4.42 Å². The van der Waals surface area contributed by atoms with Gasteiger partial charge in [-0.05, 0) is 25.0 Å². The van der Waals surface area contributed by atoms with Gasteiger partial charge in [0.25, 0.3) is 0 Å². The van der Waals surface area contributed by atoms with Crippen molar-refractivity contribution in [2.75, 3.05) is 11.9 Å². The highest BCUT2D eigenvalue weighted by Gasteiger charge is 2.20. The van der Waals surface area contributed by atoms with Gasteiger partial charge in [0.15, 0.2) is 0 Å². The van der Waals surface area contributed by atoms with Gasteiger partial charge in [0.05, 0.1) is 11.3 Å². The zero-order chi connectivity index (χ0) is 14.7. The number of amides is 1. The SMILES string of the molecule is Cc1nnc(-c2ccccc2NC(=O)CCNC2CC2)o1. The Morgan fingerprint density at radius 3 is 2.86 bits per heavy atom. The molecule has 6 nitrogen and oxygen atoms in total. The Bertz CT molecular complexity index is 634. The van der Waals surface area contributed by atoms with E-state index in [0.29, 0.717) is 36.5 Å². The summed E-state index contributed by atoms with van der Waals surface area (Å²) >= 11 is 0. The number of hydrogen-bond donors (Lipinski definition) is 2. The standard InChI is InChI=1S/C15H18N4O2/c1-10-18-19-15(21-10)12-4-2-3-5-13(12)17-14(20)8-9-16-11-6-7-11/h2-5,11,16H,6-9H2,1H3,(H,17,20). The lowest BCUT2D eigenvalue weighted by molar-refractivity contribution is -0.116. The van der Waals surface area contributed by atoms with Crippen LogP contribution in [0.2, 0.25) is 0 Å². The second-order valence-corrected chi connectivity index (χ2v) is 5.20. The molecule has 0 atom stereocenters. The summed E-state index contributed by atoms with van der Waals surface area (Å²) in [6.45, 7) is 2.44. The smallest absolute Gasteiger partial charge is 0.249 e. The van der Waals surface area contributed by atoms with Crippen molar-refractivity contribution in [1.82, 2.24) is 15.5 Å². The van der Waals surface area contributed by atoms with E-state index in [2.05, 4.69) is 20.8 Å². The largest absolute Gasteiger partial charge is 0.421 e. The first-order valence-electron chi connectivity index (χ1n) is 7.15. The molecule has 3 rings (SSSR count). The second-order valence-electron chi connectivity index (χ2n) is 5.20. The van der Waals surface area contributed by atoms with E-state index < -0.39 is 0 Å². The number of carbonyl (C=O) groups is 1. The molecule has 21 heavy (non-hydrogen) atoms. The fraction of sp³-hybridized carbons (Fsp3) is 0.400. The fourth-order valence-electron chi connectivity index (χ4n) is 2.07. The van der Waals surface area contributed by atoms with E-state index in [0.717, 1.165) is 5.56 Å². The maximum atomic E-state index is 12.0. The van der Waals surface area contributed by atoms with E-state index in [-0.39, 0.29) is 5.91 Å². The van der Waals surface area contributed by atoms with Crippen LogP contribution in [0.4, 0.5) is 5.69 Å². The van der Waals surface area contributed by atoms with Crippen LogP contribution < -0.4 is 10.6 Å². The van der Waals surface area contributed by atoms with Gasteiger partial charge in [0.1, 0.15) is 0 Å². The van der Waals surface area contributed by atoms with Gasteiger partial charge in [-0.2, -0.15) is 0 Å². The molecule has 0 radical (unpaired) electrons. The monoisotopic (exact) mass is 286 g/mol. The van der Waals surface area contributed by atoms with Crippen LogP contribution in [-0.2, 0) is 4.79 Å². The lowest BCUT2D eigenvalue weighted by Crippen LogP contribution is -2.23. The molecule has 1 amide bonds. The molecule has 2 aromatic rings. The first-order chi connectivity index (χ1) is 10.2. The summed E-state index contributed by atoms with van der Waals surface area (Å²) in [5.74, 6) is 0.895. The highest BCUT2D eigenvalue weighted by Crippen LogP contribution is 2.26. The third kappa shape index (κ3) is 3.66. The predicted octanol–water partition coefficient (Wildman–Crippen LogP) is 2.13. The van der Waals surface area contributed by atoms with Gasteiger partial charge in [0, 0.05) is 25.9 Å². The highest BCUT2D eigenvalue weighted by atomic mass is 16.4. The average Bonchev–Trinajstić information content (AvgIpc) is 3.19. The number of anilines is 1. The van der Waals surface area contributed by atoms with E-state index >= 15 is 0 Å². The summed E-state index contributed by atoms with van der Waals surface area (Å²) < 4.78 is 5.43. The lowest BCUT2D eigenvalue weighted by Gasteiger charge is -2.08. The minimum atomic E-state index is -0.0214. The molecule has 1 saturated carbocycles. The van der Waals surface area contributed by atoms with Gasteiger partial charge in [-0.3, -0.25) is 4.79 Å². The number of benzene rings is 1. The summed E-state index contributed by atoms with van der Waals surface area (Å²) in [5.41, 5.74) is 1.43. The van der Waals surface area contributed by atoms with Crippen LogP contribution in [0.3, 0.4) is 0 Å². The van der Waals surface area contributed by atoms with Crippen molar-refractivity contribution in [2.45, 2.75) is 32.2 Å². The van der Waals surface area contributed by atoms with Crippen LogP contribution in [0.5, 0.6) is 0 Å². The molecular weight excluding hydrogens is 268 g/mol. The van der Waals surface area contributed by atoms with E-state index in [1.807, 2.05) is 24.3 Å². The molecule has 1 heterocycles. The van der Waals surface area contributed by atoms with E-state index in [1.54, 1.807) is 6.92 Å². The van der Waals surface area contributed by atoms with Gasteiger partial charge < -0.3 is 15.1 Å². The summed E-state index contributed by atoms with van der Waals surface area (Å²) in [6.07, 6.45) is 2.90. The number of nitrogens with zero attached hydrogens (tertiary/aromatic N) is 2. The zero-order valence-corrected chi connectivity index (χ0v) is 11.9. The number of hydrogen-bond acceptors (Lipinski definition) is 5. The predicted molar refractivity (Wildman–Crippen MR) is 78.7 cm³/mol. The normalized spacial score (nSPS) is 14.1. The molecule has 1 aromatic heterocycles. The quantitative estimate of drug-likeness (QED) is 0.850. The van der Waals surface area contributed by atoms with Crippen molar-refractivity contribution >= 4 is 11.6 Å². The van der Waals surface area contributed by atoms with E-state index in [1.165, 1.54) is 12.8 Å². The van der Waals surface area contributed by atoms with Gasteiger partial charge in [-0.15, -0.1) is 10.2 Å².